The number of hydrogen-bond donors (Lipinski definition) is 2. The number of hydrogen-bond acceptors (Lipinski definition) is 7. The molecule has 1 aromatic heterocycles. The van der Waals surface area contributed by atoms with Gasteiger partial charge in [-0.25, -0.2) is 18.7 Å². The summed E-state index contributed by atoms with van der Waals surface area (Å²) in [6, 6.07) is 7.67. The van der Waals surface area contributed by atoms with Crippen LogP contribution in [0.5, 0.6) is 0 Å². The molecule has 2 aromatic carbocycles. The Labute approximate surface area is 263 Å². The monoisotopic (exact) mass is 637 g/mol. The molecule has 1 saturated carbocycles. The number of benzene rings is 2. The van der Waals surface area contributed by atoms with Crippen molar-refractivity contribution in [1.82, 2.24) is 14.9 Å². The SMILES string of the molecule is [2H]C([2H])(O)C1(C([2H])([2H])O[C@]2(c3ccc(Cl)cc3)c3c(F)cc(C(C)(O)C4(F)CCOCC4)cc3C(=O)N2Cc2ncc(Cl)cn2)CC1. The Hall–Kier alpha value is -2.73. The maximum Gasteiger partial charge on any atom is 0.257 e. The summed E-state index contributed by atoms with van der Waals surface area (Å²) in [5, 5.41) is 22.5. The van der Waals surface area contributed by atoms with Gasteiger partial charge in [0.1, 0.15) is 22.9 Å². The molecule has 2 aliphatic heterocycles. The summed E-state index contributed by atoms with van der Waals surface area (Å²) in [6.45, 7) is -5.33. The lowest BCUT2D eigenvalue weighted by molar-refractivity contribution is -0.143. The molecule has 1 unspecified atom stereocenters. The van der Waals surface area contributed by atoms with E-state index in [0.717, 1.165) is 17.0 Å². The first kappa shape index (κ1) is 25.6. The van der Waals surface area contributed by atoms with Gasteiger partial charge in [-0.05, 0) is 49.6 Å². The first-order chi connectivity index (χ1) is 21.9. The molecule has 3 aliphatic rings. The van der Waals surface area contributed by atoms with Crippen LogP contribution in [0.25, 0.3) is 0 Å². The van der Waals surface area contributed by atoms with Crippen LogP contribution in [0.4, 0.5) is 8.78 Å². The van der Waals surface area contributed by atoms with Gasteiger partial charge in [0.25, 0.3) is 5.91 Å². The van der Waals surface area contributed by atoms with Crippen molar-refractivity contribution < 1.29 is 38.7 Å². The molecule has 2 fully saturated rings. The van der Waals surface area contributed by atoms with Gasteiger partial charge in [-0.1, -0.05) is 35.3 Å². The molecule has 0 spiro atoms. The van der Waals surface area contributed by atoms with E-state index in [4.69, 9.17) is 38.2 Å². The number of carbonyl (C=O) groups excluding carboxylic acids is 1. The second-order valence-electron chi connectivity index (χ2n) is 11.3. The Morgan fingerprint density at radius 2 is 1.77 bits per heavy atom. The topological polar surface area (TPSA) is 105 Å². The lowest BCUT2D eigenvalue weighted by Crippen LogP contribution is -2.50. The summed E-state index contributed by atoms with van der Waals surface area (Å²) in [5.74, 6) is -2.03. The molecular formula is C31H31Cl2F2N3O5. The van der Waals surface area contributed by atoms with Crippen molar-refractivity contribution in [3.63, 3.8) is 0 Å². The summed E-state index contributed by atoms with van der Waals surface area (Å²) in [5.41, 5.74) is -10.1. The van der Waals surface area contributed by atoms with Gasteiger partial charge in [-0.2, -0.15) is 0 Å². The van der Waals surface area contributed by atoms with Crippen molar-refractivity contribution in [1.29, 1.82) is 0 Å². The van der Waals surface area contributed by atoms with Crippen LogP contribution in [-0.4, -0.2) is 63.0 Å². The quantitative estimate of drug-likeness (QED) is 0.328. The van der Waals surface area contributed by atoms with E-state index >= 15 is 8.78 Å². The van der Waals surface area contributed by atoms with Crippen molar-refractivity contribution in [2.45, 2.75) is 56.1 Å². The van der Waals surface area contributed by atoms with Crippen LogP contribution < -0.4 is 0 Å². The van der Waals surface area contributed by atoms with E-state index in [2.05, 4.69) is 9.97 Å². The van der Waals surface area contributed by atoms with E-state index in [1.165, 1.54) is 43.6 Å². The average Bonchev–Trinajstić information content (AvgIpc) is 3.80. The summed E-state index contributed by atoms with van der Waals surface area (Å²) < 4.78 is 78.7. The minimum Gasteiger partial charge on any atom is -0.396 e. The summed E-state index contributed by atoms with van der Waals surface area (Å²) >= 11 is 12.2. The molecule has 0 bridgehead atoms. The van der Waals surface area contributed by atoms with Gasteiger partial charge in [0, 0.05) is 54.5 Å². The third-order valence-electron chi connectivity index (χ3n) is 8.57. The van der Waals surface area contributed by atoms with E-state index in [9.17, 15) is 15.0 Å². The molecule has 3 aromatic rings. The second-order valence-corrected chi connectivity index (χ2v) is 12.2. The molecule has 8 nitrogen and oxygen atoms in total. The summed E-state index contributed by atoms with van der Waals surface area (Å²) in [6.07, 6.45) is 1.94. The molecular weight excluding hydrogens is 603 g/mol. The number of amides is 1. The Morgan fingerprint density at radius 3 is 2.37 bits per heavy atom. The zero-order valence-electron chi connectivity index (χ0n) is 27.0. The largest absolute Gasteiger partial charge is 0.396 e. The minimum absolute atomic E-state index is 0.00854. The van der Waals surface area contributed by atoms with Crippen molar-refractivity contribution in [3.8, 4) is 0 Å². The van der Waals surface area contributed by atoms with Crippen LogP contribution in [-0.2, 0) is 27.3 Å². The van der Waals surface area contributed by atoms with Gasteiger partial charge in [0.2, 0.25) is 0 Å². The number of carbonyl (C=O) groups is 1. The van der Waals surface area contributed by atoms with Crippen LogP contribution in [0.3, 0.4) is 0 Å². The number of aliphatic hydroxyl groups is 2. The van der Waals surface area contributed by atoms with Crippen LogP contribution >= 0.6 is 23.2 Å². The number of fused-ring (bicyclic) bond motifs is 1. The molecule has 12 heteroatoms. The Kier molecular flexibility index (Phi) is 6.55. The fourth-order valence-electron chi connectivity index (χ4n) is 5.68. The Balaban J connectivity index is 1.61. The van der Waals surface area contributed by atoms with Crippen molar-refractivity contribution in [3.05, 3.63) is 92.7 Å². The fraction of sp³-hybridized carbons (Fsp3) is 0.452. The zero-order chi connectivity index (χ0) is 34.2. The van der Waals surface area contributed by atoms with E-state index < -0.39 is 59.4 Å². The number of nitrogens with zero attached hydrogens (tertiary/aromatic N) is 3. The number of aromatic nitrogens is 2. The molecule has 1 saturated heterocycles. The predicted molar refractivity (Wildman–Crippen MR) is 154 cm³/mol. The third kappa shape index (κ3) is 5.11. The van der Waals surface area contributed by atoms with Gasteiger partial charge in [-0.3, -0.25) is 9.69 Å². The second kappa shape index (κ2) is 11.0. The first-order valence-corrected chi connectivity index (χ1v) is 14.4. The van der Waals surface area contributed by atoms with Gasteiger partial charge in [0.05, 0.1) is 41.3 Å². The summed E-state index contributed by atoms with van der Waals surface area (Å²) in [7, 11) is 0. The highest BCUT2D eigenvalue weighted by Crippen LogP contribution is 2.53. The average molecular weight is 639 g/mol. The van der Waals surface area contributed by atoms with E-state index in [-0.39, 0.29) is 71.5 Å². The highest BCUT2D eigenvalue weighted by molar-refractivity contribution is 6.30. The molecule has 228 valence electrons. The molecule has 2 N–H and O–H groups in total. The molecule has 0 radical (unpaired) electrons. The molecule has 2 atom stereocenters. The molecule has 6 rings (SSSR count). The van der Waals surface area contributed by atoms with Crippen LogP contribution in [0.2, 0.25) is 10.0 Å². The molecule has 1 amide bonds. The van der Waals surface area contributed by atoms with Crippen LogP contribution in [0, 0.1) is 11.2 Å². The standard InChI is InChI=1S/C31H31Cl2F2N3O5/c1-28(41,30(35)8-10-42-11-9-30)20-12-23-26(24(34)13-20)31(19-2-4-21(32)5-3-19,43-18-29(17-39)6-7-29)38(27(23)40)16-25-36-14-22(33)15-37-25/h2-5,12-15,39,41H,6-11,16-18H2,1H3/t28?,31-/m1/s1/i17D2,18D2. The minimum atomic E-state index is -3.06. The van der Waals surface area contributed by atoms with Crippen molar-refractivity contribution in [2.75, 3.05) is 26.3 Å². The molecule has 1 aliphatic carbocycles. The molecule has 43 heavy (non-hydrogen) atoms. The highest BCUT2D eigenvalue weighted by Gasteiger charge is 2.58. The smallest absolute Gasteiger partial charge is 0.257 e. The Morgan fingerprint density at radius 1 is 1.12 bits per heavy atom. The first-order valence-electron chi connectivity index (χ1n) is 15.7. The van der Waals surface area contributed by atoms with Crippen molar-refractivity contribution >= 4 is 29.1 Å². The highest BCUT2D eigenvalue weighted by atomic mass is 35.5. The van der Waals surface area contributed by atoms with Gasteiger partial charge in [-0.15, -0.1) is 0 Å². The van der Waals surface area contributed by atoms with Crippen molar-refractivity contribution in [2.24, 2.45) is 5.41 Å². The fourth-order valence-corrected chi connectivity index (χ4v) is 5.91. The molecule has 3 heterocycles. The van der Waals surface area contributed by atoms with E-state index in [1.54, 1.807) is 0 Å². The maximum atomic E-state index is 16.9. The van der Waals surface area contributed by atoms with Crippen LogP contribution in [0.1, 0.15) is 71.0 Å². The van der Waals surface area contributed by atoms with Gasteiger partial charge < -0.3 is 19.7 Å². The number of rotatable bonds is 9. The lowest BCUT2D eigenvalue weighted by Gasteiger charge is -2.42. The third-order valence-corrected chi connectivity index (χ3v) is 9.02. The zero-order valence-corrected chi connectivity index (χ0v) is 24.6. The van der Waals surface area contributed by atoms with Gasteiger partial charge in [0.15, 0.2) is 5.72 Å². The predicted octanol–water partition coefficient (Wildman–Crippen LogP) is 5.29. The Bertz CT molecular complexity index is 1700. The summed E-state index contributed by atoms with van der Waals surface area (Å²) in [4.78, 5) is 23.8. The number of alkyl halides is 1. The normalized spacial score (nSPS) is 25.7. The lowest BCUT2D eigenvalue weighted by atomic mass is 9.75. The van der Waals surface area contributed by atoms with E-state index in [1.807, 2.05) is 0 Å². The van der Waals surface area contributed by atoms with Crippen LogP contribution in [0.15, 0.2) is 48.8 Å². The maximum absolute atomic E-state index is 16.9. The number of ether oxygens (including phenoxy) is 2. The number of halogens is 4. The van der Waals surface area contributed by atoms with E-state index in [0.29, 0.717) is 0 Å². The van der Waals surface area contributed by atoms with Gasteiger partial charge >= 0.3 is 0 Å².